The van der Waals surface area contributed by atoms with Gasteiger partial charge in [-0.05, 0) is 24.3 Å². The normalized spacial score (nSPS) is 11.3. The molecule has 2 aromatic carbocycles. The van der Waals surface area contributed by atoms with Crippen molar-refractivity contribution < 1.29 is 8.81 Å². The van der Waals surface area contributed by atoms with E-state index in [1.807, 2.05) is 35.9 Å². The van der Waals surface area contributed by atoms with Crippen LogP contribution in [0, 0.1) is 5.82 Å². The first-order valence-electron chi connectivity index (χ1n) is 6.45. The number of aryl methyl sites for hydroxylation is 1. The quantitative estimate of drug-likeness (QED) is 0.610. The van der Waals surface area contributed by atoms with E-state index < -0.39 is 0 Å². The summed E-state index contributed by atoms with van der Waals surface area (Å²) in [4.78, 5) is 8.68. The molecular formula is C15H11FN4O. The summed E-state index contributed by atoms with van der Waals surface area (Å²) in [5.74, 6) is 0.233. The highest BCUT2D eigenvalue weighted by Crippen LogP contribution is 2.24. The summed E-state index contributed by atoms with van der Waals surface area (Å²) in [5.41, 5.74) is 2.88. The number of rotatable bonds is 2. The third kappa shape index (κ3) is 1.92. The Morgan fingerprint density at radius 1 is 1.10 bits per heavy atom. The van der Waals surface area contributed by atoms with E-state index in [0.717, 1.165) is 11.0 Å². The number of fused-ring (bicyclic) bond motifs is 2. The molecule has 2 heterocycles. The van der Waals surface area contributed by atoms with Crippen LogP contribution in [-0.4, -0.2) is 14.5 Å². The summed E-state index contributed by atoms with van der Waals surface area (Å²) in [7, 11) is 1.85. The predicted molar refractivity (Wildman–Crippen MR) is 78.0 cm³/mol. The lowest BCUT2D eigenvalue weighted by molar-refractivity contribution is 0.621. The zero-order valence-electron chi connectivity index (χ0n) is 11.2. The van der Waals surface area contributed by atoms with E-state index in [1.54, 1.807) is 6.07 Å². The fourth-order valence-corrected chi connectivity index (χ4v) is 2.31. The van der Waals surface area contributed by atoms with Gasteiger partial charge in [-0.25, -0.2) is 9.37 Å². The van der Waals surface area contributed by atoms with Gasteiger partial charge >= 0.3 is 6.01 Å². The summed E-state index contributed by atoms with van der Waals surface area (Å²) < 4.78 is 20.7. The van der Waals surface area contributed by atoms with Gasteiger partial charge in [0.25, 0.3) is 0 Å². The third-order valence-corrected chi connectivity index (χ3v) is 3.36. The Balaban J connectivity index is 1.78. The highest BCUT2D eigenvalue weighted by atomic mass is 19.1. The maximum atomic E-state index is 13.2. The topological polar surface area (TPSA) is 55.9 Å². The van der Waals surface area contributed by atoms with E-state index in [9.17, 15) is 4.39 Å². The lowest BCUT2D eigenvalue weighted by Crippen LogP contribution is -1.98. The van der Waals surface area contributed by atoms with Crippen LogP contribution < -0.4 is 5.32 Å². The SMILES string of the molecule is Cn1c(Nc2nc3ccccc3o2)nc2cc(F)ccc21. The van der Waals surface area contributed by atoms with Crippen molar-refractivity contribution in [3.8, 4) is 0 Å². The van der Waals surface area contributed by atoms with Crippen molar-refractivity contribution in [3.63, 3.8) is 0 Å². The summed E-state index contributed by atoms with van der Waals surface area (Å²) in [5, 5.41) is 3.02. The molecule has 4 rings (SSSR count). The van der Waals surface area contributed by atoms with Gasteiger partial charge in [0.05, 0.1) is 11.0 Å². The summed E-state index contributed by atoms with van der Waals surface area (Å²) in [6.07, 6.45) is 0. The molecule has 0 atom stereocenters. The number of benzene rings is 2. The number of aromatic nitrogens is 3. The molecule has 1 N–H and O–H groups in total. The molecule has 0 spiro atoms. The van der Waals surface area contributed by atoms with Gasteiger partial charge in [-0.3, -0.25) is 5.32 Å². The number of imidazole rings is 1. The maximum Gasteiger partial charge on any atom is 0.302 e. The summed E-state index contributed by atoms with van der Waals surface area (Å²) in [6, 6.07) is 12.3. The van der Waals surface area contributed by atoms with Gasteiger partial charge in [0, 0.05) is 13.1 Å². The molecule has 0 fully saturated rings. The molecule has 0 bridgehead atoms. The number of para-hydroxylation sites is 2. The van der Waals surface area contributed by atoms with Crippen molar-refractivity contribution >= 4 is 34.1 Å². The van der Waals surface area contributed by atoms with E-state index in [0.29, 0.717) is 23.1 Å². The van der Waals surface area contributed by atoms with Crippen molar-refractivity contribution in [2.75, 3.05) is 5.32 Å². The van der Waals surface area contributed by atoms with Crippen LogP contribution in [0.1, 0.15) is 0 Å². The minimum absolute atomic E-state index is 0.311. The molecule has 0 radical (unpaired) electrons. The Morgan fingerprint density at radius 3 is 2.81 bits per heavy atom. The van der Waals surface area contributed by atoms with Gasteiger partial charge in [-0.2, -0.15) is 4.98 Å². The third-order valence-electron chi connectivity index (χ3n) is 3.36. The number of hydrogen-bond acceptors (Lipinski definition) is 4. The Morgan fingerprint density at radius 2 is 1.95 bits per heavy atom. The van der Waals surface area contributed by atoms with Crippen LogP contribution in [0.15, 0.2) is 46.9 Å². The first-order chi connectivity index (χ1) is 10.2. The fourth-order valence-electron chi connectivity index (χ4n) is 2.31. The minimum Gasteiger partial charge on any atom is -0.423 e. The van der Waals surface area contributed by atoms with Gasteiger partial charge in [0.2, 0.25) is 5.95 Å². The summed E-state index contributed by atoms with van der Waals surface area (Å²) >= 11 is 0. The Kier molecular flexibility index (Phi) is 2.44. The highest BCUT2D eigenvalue weighted by Gasteiger charge is 2.11. The molecule has 0 aliphatic carbocycles. The molecule has 0 saturated heterocycles. The smallest absolute Gasteiger partial charge is 0.302 e. The van der Waals surface area contributed by atoms with Crippen LogP contribution in [0.2, 0.25) is 0 Å². The molecule has 21 heavy (non-hydrogen) atoms. The van der Waals surface area contributed by atoms with Gasteiger partial charge in [0.15, 0.2) is 5.58 Å². The van der Waals surface area contributed by atoms with Crippen molar-refractivity contribution in [1.82, 2.24) is 14.5 Å². The second kappa shape index (κ2) is 4.31. The Labute approximate surface area is 119 Å². The number of nitrogens with zero attached hydrogens (tertiary/aromatic N) is 3. The molecule has 6 heteroatoms. The van der Waals surface area contributed by atoms with Gasteiger partial charge in [0.1, 0.15) is 11.3 Å². The van der Waals surface area contributed by atoms with Crippen molar-refractivity contribution in [1.29, 1.82) is 0 Å². The average molecular weight is 282 g/mol. The van der Waals surface area contributed by atoms with Crippen LogP contribution in [-0.2, 0) is 7.05 Å². The number of anilines is 2. The molecule has 5 nitrogen and oxygen atoms in total. The fraction of sp³-hybridized carbons (Fsp3) is 0.0667. The lowest BCUT2D eigenvalue weighted by atomic mass is 10.3. The van der Waals surface area contributed by atoms with Crippen molar-refractivity contribution in [3.05, 3.63) is 48.3 Å². The Hall–Kier alpha value is -2.89. The van der Waals surface area contributed by atoms with Crippen LogP contribution in [0.3, 0.4) is 0 Å². The maximum absolute atomic E-state index is 13.2. The molecule has 4 aromatic rings. The molecule has 104 valence electrons. The molecule has 0 unspecified atom stereocenters. The first-order valence-corrected chi connectivity index (χ1v) is 6.45. The number of oxazole rings is 1. The average Bonchev–Trinajstić information content (AvgIpc) is 3.00. The van der Waals surface area contributed by atoms with Crippen molar-refractivity contribution in [2.24, 2.45) is 7.05 Å². The zero-order valence-corrected chi connectivity index (χ0v) is 11.2. The molecule has 0 aliphatic rings. The van der Waals surface area contributed by atoms with E-state index in [2.05, 4.69) is 15.3 Å². The molecule has 0 saturated carbocycles. The number of hydrogen-bond donors (Lipinski definition) is 1. The summed E-state index contributed by atoms with van der Waals surface area (Å²) in [6.45, 7) is 0. The standard InChI is InChI=1S/C15H11FN4O/c1-20-12-7-6-9(16)8-11(12)17-14(20)19-15-18-10-4-2-3-5-13(10)21-15/h2-8H,1H3,(H,17,18,19). The van der Waals surface area contributed by atoms with E-state index in [1.165, 1.54) is 12.1 Å². The number of nitrogens with one attached hydrogen (secondary N) is 1. The van der Waals surface area contributed by atoms with E-state index in [4.69, 9.17) is 4.42 Å². The zero-order chi connectivity index (χ0) is 14.4. The minimum atomic E-state index is -0.311. The second-order valence-electron chi connectivity index (χ2n) is 4.74. The van der Waals surface area contributed by atoms with E-state index >= 15 is 0 Å². The lowest BCUT2D eigenvalue weighted by Gasteiger charge is -2.01. The van der Waals surface area contributed by atoms with Crippen LogP contribution in [0.4, 0.5) is 16.4 Å². The van der Waals surface area contributed by atoms with Crippen molar-refractivity contribution in [2.45, 2.75) is 0 Å². The van der Waals surface area contributed by atoms with Gasteiger partial charge in [-0.15, -0.1) is 0 Å². The van der Waals surface area contributed by atoms with Crippen LogP contribution in [0.25, 0.3) is 22.1 Å². The highest BCUT2D eigenvalue weighted by molar-refractivity contribution is 5.80. The molecule has 2 aromatic heterocycles. The molecule has 0 aliphatic heterocycles. The van der Waals surface area contributed by atoms with Crippen LogP contribution >= 0.6 is 0 Å². The van der Waals surface area contributed by atoms with Crippen LogP contribution in [0.5, 0.6) is 0 Å². The number of halogens is 1. The van der Waals surface area contributed by atoms with E-state index in [-0.39, 0.29) is 5.82 Å². The monoisotopic (exact) mass is 282 g/mol. The largest absolute Gasteiger partial charge is 0.423 e. The molecule has 0 amide bonds. The Bertz CT molecular complexity index is 924. The second-order valence-corrected chi connectivity index (χ2v) is 4.74. The molecular weight excluding hydrogens is 271 g/mol. The first kappa shape index (κ1) is 11.9. The van der Waals surface area contributed by atoms with Gasteiger partial charge in [-0.1, -0.05) is 12.1 Å². The van der Waals surface area contributed by atoms with Gasteiger partial charge < -0.3 is 8.98 Å². The predicted octanol–water partition coefficient (Wildman–Crippen LogP) is 3.60.